The van der Waals surface area contributed by atoms with Crippen LogP contribution in [0.3, 0.4) is 0 Å². The molecule has 0 fully saturated rings. The third kappa shape index (κ3) is 12.5. The Morgan fingerprint density at radius 2 is 1.18 bits per heavy atom. The number of benzene rings is 1. The molecule has 0 unspecified atom stereocenters. The van der Waals surface area contributed by atoms with E-state index in [-0.39, 0.29) is 18.1 Å². The van der Waals surface area contributed by atoms with E-state index in [9.17, 15) is 8.42 Å². The van der Waals surface area contributed by atoms with E-state index in [1.165, 1.54) is 44.2 Å². The van der Waals surface area contributed by atoms with E-state index in [4.69, 9.17) is 18.4 Å². The van der Waals surface area contributed by atoms with Crippen molar-refractivity contribution in [3.63, 3.8) is 0 Å². The number of hydrogen-bond donors (Lipinski definition) is 0. The van der Waals surface area contributed by atoms with Gasteiger partial charge < -0.3 is 14.2 Å². The standard InChI is InChI=1S/C21H36O6S/c1-3-4-5-6-7-8-13-24-14-15-25-16-17-26-18-19-27-28(22,23)21-11-9-20(2)10-12-21/h9-12H,3-8,13-19H2,1-2H3. The molecule has 0 aromatic heterocycles. The molecule has 0 aliphatic rings. The van der Waals surface area contributed by atoms with E-state index in [0.717, 1.165) is 18.6 Å². The van der Waals surface area contributed by atoms with Gasteiger partial charge in [0.25, 0.3) is 10.1 Å². The maximum atomic E-state index is 12.0. The molecule has 0 aliphatic heterocycles. The smallest absolute Gasteiger partial charge is 0.297 e. The second-order valence-electron chi connectivity index (χ2n) is 6.69. The molecule has 0 saturated carbocycles. The summed E-state index contributed by atoms with van der Waals surface area (Å²) >= 11 is 0. The summed E-state index contributed by atoms with van der Waals surface area (Å²) < 4.78 is 45.2. The second-order valence-corrected chi connectivity index (χ2v) is 8.31. The lowest BCUT2D eigenvalue weighted by molar-refractivity contribution is 0.00912. The topological polar surface area (TPSA) is 71.1 Å². The highest BCUT2D eigenvalue weighted by Gasteiger charge is 2.14. The van der Waals surface area contributed by atoms with Gasteiger partial charge in [0.05, 0.1) is 44.5 Å². The quantitative estimate of drug-likeness (QED) is 0.265. The summed E-state index contributed by atoms with van der Waals surface area (Å²) in [6, 6.07) is 6.55. The van der Waals surface area contributed by atoms with Crippen LogP contribution in [0.4, 0.5) is 0 Å². The lowest BCUT2D eigenvalue weighted by atomic mass is 10.1. The number of ether oxygens (including phenoxy) is 3. The molecule has 1 aromatic carbocycles. The van der Waals surface area contributed by atoms with Crippen LogP contribution < -0.4 is 0 Å². The Morgan fingerprint density at radius 1 is 0.679 bits per heavy atom. The highest BCUT2D eigenvalue weighted by atomic mass is 32.2. The van der Waals surface area contributed by atoms with Gasteiger partial charge in [0.1, 0.15) is 0 Å². The van der Waals surface area contributed by atoms with Gasteiger partial charge in [0, 0.05) is 6.61 Å². The number of aryl methyl sites for hydroxylation is 1. The third-order valence-corrected chi connectivity index (χ3v) is 5.49. The van der Waals surface area contributed by atoms with Gasteiger partial charge in [-0.2, -0.15) is 8.42 Å². The zero-order valence-electron chi connectivity index (χ0n) is 17.4. The molecule has 0 atom stereocenters. The van der Waals surface area contributed by atoms with Gasteiger partial charge in [0.15, 0.2) is 0 Å². The fourth-order valence-electron chi connectivity index (χ4n) is 2.50. The zero-order valence-corrected chi connectivity index (χ0v) is 18.2. The van der Waals surface area contributed by atoms with Crippen molar-refractivity contribution in [1.82, 2.24) is 0 Å². The summed E-state index contributed by atoms with van der Waals surface area (Å²) in [5, 5.41) is 0. The average molecular weight is 417 g/mol. The highest BCUT2D eigenvalue weighted by Crippen LogP contribution is 2.12. The van der Waals surface area contributed by atoms with Crippen LogP contribution in [0, 0.1) is 6.92 Å². The minimum absolute atomic E-state index is 0.0163. The predicted molar refractivity (Wildman–Crippen MR) is 110 cm³/mol. The Kier molecular flexibility index (Phi) is 14.2. The predicted octanol–water partition coefficient (Wildman–Crippen LogP) is 4.11. The molecule has 1 rings (SSSR count). The molecule has 0 saturated heterocycles. The summed E-state index contributed by atoms with van der Waals surface area (Å²) in [6.07, 6.45) is 7.56. The van der Waals surface area contributed by atoms with E-state index in [1.54, 1.807) is 12.1 Å². The molecular formula is C21H36O6S. The molecule has 28 heavy (non-hydrogen) atoms. The first-order chi connectivity index (χ1) is 13.6. The van der Waals surface area contributed by atoms with Crippen molar-refractivity contribution in [2.75, 3.05) is 46.2 Å². The van der Waals surface area contributed by atoms with Gasteiger partial charge in [-0.15, -0.1) is 0 Å². The first-order valence-corrected chi connectivity index (χ1v) is 11.7. The maximum Gasteiger partial charge on any atom is 0.297 e. The van der Waals surface area contributed by atoms with Crippen LogP contribution in [0.25, 0.3) is 0 Å². The lowest BCUT2D eigenvalue weighted by Crippen LogP contribution is -2.14. The van der Waals surface area contributed by atoms with E-state index in [2.05, 4.69) is 6.92 Å². The van der Waals surface area contributed by atoms with Crippen LogP contribution in [0.15, 0.2) is 29.2 Å². The van der Waals surface area contributed by atoms with E-state index < -0.39 is 10.1 Å². The van der Waals surface area contributed by atoms with Crippen LogP contribution in [-0.4, -0.2) is 54.7 Å². The molecule has 0 bridgehead atoms. The molecular weight excluding hydrogens is 380 g/mol. The first-order valence-electron chi connectivity index (χ1n) is 10.3. The summed E-state index contributed by atoms with van der Waals surface area (Å²) in [6.45, 7) is 7.06. The van der Waals surface area contributed by atoms with Gasteiger partial charge >= 0.3 is 0 Å². The molecule has 0 radical (unpaired) electrons. The highest BCUT2D eigenvalue weighted by molar-refractivity contribution is 7.86. The molecule has 0 aliphatic carbocycles. The summed E-state index contributed by atoms with van der Waals surface area (Å²) in [5.74, 6) is 0. The first kappa shape index (κ1) is 25.0. The van der Waals surface area contributed by atoms with Crippen LogP contribution in [0.2, 0.25) is 0 Å². The van der Waals surface area contributed by atoms with Crippen molar-refractivity contribution in [1.29, 1.82) is 0 Å². The van der Waals surface area contributed by atoms with Gasteiger partial charge in [-0.25, -0.2) is 0 Å². The lowest BCUT2D eigenvalue weighted by Gasteiger charge is -2.08. The molecule has 7 heteroatoms. The zero-order chi connectivity index (χ0) is 20.5. The van der Waals surface area contributed by atoms with Gasteiger partial charge in [-0.05, 0) is 25.5 Å². The van der Waals surface area contributed by atoms with Crippen molar-refractivity contribution < 1.29 is 26.8 Å². The van der Waals surface area contributed by atoms with Gasteiger partial charge in [-0.3, -0.25) is 4.18 Å². The Balaban J connectivity index is 1.88. The van der Waals surface area contributed by atoms with Crippen molar-refractivity contribution in [2.24, 2.45) is 0 Å². The van der Waals surface area contributed by atoms with Crippen LogP contribution >= 0.6 is 0 Å². The Labute approximate surface area is 170 Å². The molecule has 0 amide bonds. The molecule has 0 spiro atoms. The molecule has 162 valence electrons. The molecule has 0 N–H and O–H groups in total. The number of unbranched alkanes of at least 4 members (excludes halogenated alkanes) is 5. The van der Waals surface area contributed by atoms with Gasteiger partial charge in [0.2, 0.25) is 0 Å². The molecule has 1 aromatic rings. The molecule has 6 nitrogen and oxygen atoms in total. The van der Waals surface area contributed by atoms with Crippen molar-refractivity contribution in [3.8, 4) is 0 Å². The monoisotopic (exact) mass is 416 g/mol. The Bertz CT molecular complexity index is 585. The fourth-order valence-corrected chi connectivity index (χ4v) is 3.39. The van der Waals surface area contributed by atoms with Crippen molar-refractivity contribution in [3.05, 3.63) is 29.8 Å². The minimum Gasteiger partial charge on any atom is -0.379 e. The van der Waals surface area contributed by atoms with E-state index in [0.29, 0.717) is 26.4 Å². The number of hydrogen-bond acceptors (Lipinski definition) is 6. The van der Waals surface area contributed by atoms with Crippen molar-refractivity contribution >= 4 is 10.1 Å². The Morgan fingerprint density at radius 3 is 1.79 bits per heavy atom. The van der Waals surface area contributed by atoms with Gasteiger partial charge in [-0.1, -0.05) is 56.7 Å². The van der Waals surface area contributed by atoms with Crippen LogP contribution in [0.1, 0.15) is 51.0 Å². The van der Waals surface area contributed by atoms with E-state index >= 15 is 0 Å². The van der Waals surface area contributed by atoms with Crippen molar-refractivity contribution in [2.45, 2.75) is 57.3 Å². The minimum atomic E-state index is -3.72. The maximum absolute atomic E-state index is 12.0. The summed E-state index contributed by atoms with van der Waals surface area (Å²) in [4.78, 5) is 0.155. The third-order valence-electron chi connectivity index (χ3n) is 4.16. The Hall–Kier alpha value is -0.990. The second kappa shape index (κ2) is 15.9. The fraction of sp³-hybridized carbons (Fsp3) is 0.714. The summed E-state index contributed by atoms with van der Waals surface area (Å²) in [5.41, 5.74) is 0.995. The van der Waals surface area contributed by atoms with E-state index in [1.807, 2.05) is 6.92 Å². The average Bonchev–Trinajstić information content (AvgIpc) is 2.68. The van der Waals surface area contributed by atoms with Crippen LogP contribution in [-0.2, 0) is 28.5 Å². The summed E-state index contributed by atoms with van der Waals surface area (Å²) in [7, 11) is -3.72. The normalized spacial score (nSPS) is 11.8. The van der Waals surface area contributed by atoms with Crippen LogP contribution in [0.5, 0.6) is 0 Å². The SMILES string of the molecule is CCCCCCCCOCCOCCOCCOS(=O)(=O)c1ccc(C)cc1. The largest absolute Gasteiger partial charge is 0.379 e. The number of rotatable bonds is 18. The molecule has 0 heterocycles.